The Morgan fingerprint density at radius 3 is 2.52 bits per heavy atom. The lowest BCUT2D eigenvalue weighted by Gasteiger charge is -2.07. The zero-order valence-corrected chi connectivity index (χ0v) is 19.0. The summed E-state index contributed by atoms with van der Waals surface area (Å²) >= 11 is 6.79. The van der Waals surface area contributed by atoms with Gasteiger partial charge in [-0.25, -0.2) is 17.6 Å². The monoisotopic (exact) mass is 506 g/mol. The zero-order chi connectivity index (χ0) is 24.2. The van der Waals surface area contributed by atoms with E-state index in [9.17, 15) is 27.7 Å². The Morgan fingerprint density at radius 1 is 1.24 bits per heavy atom. The summed E-state index contributed by atoms with van der Waals surface area (Å²) < 4.78 is 44.7. The van der Waals surface area contributed by atoms with Crippen molar-refractivity contribution in [2.75, 3.05) is 11.6 Å². The van der Waals surface area contributed by atoms with Gasteiger partial charge < -0.3 is 4.74 Å². The van der Waals surface area contributed by atoms with Gasteiger partial charge in [-0.2, -0.15) is 14.6 Å². The lowest BCUT2D eigenvalue weighted by Crippen LogP contribution is -2.13. The molecule has 3 aromatic rings. The molecule has 33 heavy (non-hydrogen) atoms. The Morgan fingerprint density at radius 2 is 1.94 bits per heavy atom. The van der Waals surface area contributed by atoms with E-state index < -0.39 is 32.7 Å². The van der Waals surface area contributed by atoms with Crippen LogP contribution in [0.1, 0.15) is 15.9 Å². The summed E-state index contributed by atoms with van der Waals surface area (Å²) in [6.45, 7) is 0. The SMILES string of the molecule is CS(=O)(=O)c1nsc(NC(=O)C(C#N)=Cc2ccc(OC(=O)c3ccc(F)cc3)c(Cl)c2)n1. The maximum atomic E-state index is 13.0. The Kier molecular flexibility index (Phi) is 7.17. The fourth-order valence-corrected chi connectivity index (χ4v) is 3.99. The maximum Gasteiger partial charge on any atom is 0.343 e. The molecular formula is C20H12ClFN4O5S2. The van der Waals surface area contributed by atoms with Gasteiger partial charge in [0.2, 0.25) is 15.0 Å². The second kappa shape index (κ2) is 9.86. The third-order valence-electron chi connectivity index (χ3n) is 3.87. The van der Waals surface area contributed by atoms with Crippen LogP contribution in [0, 0.1) is 17.1 Å². The third-order valence-corrected chi connectivity index (χ3v) is 5.76. The van der Waals surface area contributed by atoms with Crippen molar-refractivity contribution in [2.24, 2.45) is 0 Å². The highest BCUT2D eigenvalue weighted by Crippen LogP contribution is 2.27. The predicted octanol–water partition coefficient (Wildman–Crippen LogP) is 3.50. The molecule has 168 valence electrons. The molecule has 1 amide bonds. The highest BCUT2D eigenvalue weighted by atomic mass is 35.5. The first kappa shape index (κ1) is 24.0. The summed E-state index contributed by atoms with van der Waals surface area (Å²) in [6, 6.07) is 10.7. The number of rotatable bonds is 6. The first-order chi connectivity index (χ1) is 15.6. The maximum absolute atomic E-state index is 13.0. The van der Waals surface area contributed by atoms with Gasteiger partial charge in [0.1, 0.15) is 23.2 Å². The summed E-state index contributed by atoms with van der Waals surface area (Å²) in [5.74, 6) is -2.06. The largest absolute Gasteiger partial charge is 0.421 e. The second-order valence-electron chi connectivity index (χ2n) is 6.36. The number of sulfone groups is 1. The number of ether oxygens (including phenoxy) is 1. The molecule has 0 radical (unpaired) electrons. The number of halogens is 2. The van der Waals surface area contributed by atoms with Crippen molar-refractivity contribution in [1.82, 2.24) is 9.36 Å². The minimum Gasteiger partial charge on any atom is -0.421 e. The summed E-state index contributed by atoms with van der Waals surface area (Å²) in [7, 11) is -3.64. The number of aromatic nitrogens is 2. The van der Waals surface area contributed by atoms with Crippen LogP contribution >= 0.6 is 23.1 Å². The van der Waals surface area contributed by atoms with E-state index >= 15 is 0 Å². The number of carbonyl (C=O) groups excluding carboxylic acids is 2. The topological polar surface area (TPSA) is 139 Å². The van der Waals surface area contributed by atoms with Crippen LogP contribution in [-0.4, -0.2) is 35.9 Å². The number of nitrogens with zero attached hydrogens (tertiary/aromatic N) is 3. The van der Waals surface area contributed by atoms with E-state index in [1.54, 1.807) is 6.07 Å². The number of esters is 1. The van der Waals surface area contributed by atoms with E-state index in [0.29, 0.717) is 17.1 Å². The number of carbonyl (C=O) groups is 2. The van der Waals surface area contributed by atoms with Crippen LogP contribution < -0.4 is 10.1 Å². The molecule has 0 unspecified atom stereocenters. The summed E-state index contributed by atoms with van der Waals surface area (Å²) in [6.07, 6.45) is 2.15. The van der Waals surface area contributed by atoms with Gasteiger partial charge in [0.15, 0.2) is 0 Å². The molecule has 13 heteroatoms. The number of anilines is 1. The van der Waals surface area contributed by atoms with Crippen LogP contribution in [0.25, 0.3) is 6.08 Å². The molecule has 0 aliphatic carbocycles. The van der Waals surface area contributed by atoms with Gasteiger partial charge in [0, 0.05) is 17.8 Å². The van der Waals surface area contributed by atoms with Crippen molar-refractivity contribution in [1.29, 1.82) is 5.26 Å². The van der Waals surface area contributed by atoms with Gasteiger partial charge in [0.25, 0.3) is 11.1 Å². The highest BCUT2D eigenvalue weighted by molar-refractivity contribution is 7.90. The van der Waals surface area contributed by atoms with Crippen molar-refractivity contribution in [3.8, 4) is 11.8 Å². The molecule has 0 bridgehead atoms. The van der Waals surface area contributed by atoms with Crippen LogP contribution in [0.4, 0.5) is 9.52 Å². The smallest absolute Gasteiger partial charge is 0.343 e. The van der Waals surface area contributed by atoms with E-state index in [2.05, 4.69) is 14.7 Å². The molecule has 0 atom stereocenters. The fraction of sp³-hybridized carbons (Fsp3) is 0.0500. The molecule has 0 saturated heterocycles. The lowest BCUT2D eigenvalue weighted by atomic mass is 10.1. The zero-order valence-electron chi connectivity index (χ0n) is 16.6. The fourth-order valence-electron chi connectivity index (χ4n) is 2.33. The molecule has 0 aliphatic rings. The Balaban J connectivity index is 1.74. The quantitative estimate of drug-likeness (QED) is 0.232. The first-order valence-corrected chi connectivity index (χ1v) is 11.9. The van der Waals surface area contributed by atoms with Gasteiger partial charge in [0.05, 0.1) is 10.6 Å². The third kappa shape index (κ3) is 6.19. The van der Waals surface area contributed by atoms with E-state index in [1.165, 1.54) is 36.4 Å². The molecular weight excluding hydrogens is 495 g/mol. The molecule has 0 spiro atoms. The van der Waals surface area contributed by atoms with Crippen LogP contribution in [0.3, 0.4) is 0 Å². The average Bonchev–Trinajstić information content (AvgIpc) is 3.23. The summed E-state index contributed by atoms with van der Waals surface area (Å²) in [5, 5.41) is 11.1. The number of benzene rings is 2. The minimum absolute atomic E-state index is 0.0215. The number of amides is 1. The molecule has 0 fully saturated rings. The number of hydrogen-bond acceptors (Lipinski definition) is 9. The van der Waals surface area contributed by atoms with Gasteiger partial charge in [-0.15, -0.1) is 0 Å². The Labute approximate surface area is 196 Å². The van der Waals surface area contributed by atoms with Gasteiger partial charge in [-0.3, -0.25) is 10.1 Å². The van der Waals surface area contributed by atoms with Crippen LogP contribution in [0.5, 0.6) is 5.75 Å². The normalized spacial score (nSPS) is 11.5. The van der Waals surface area contributed by atoms with Crippen molar-refractivity contribution in [2.45, 2.75) is 5.16 Å². The lowest BCUT2D eigenvalue weighted by molar-refractivity contribution is -0.112. The molecule has 1 N–H and O–H groups in total. The van der Waals surface area contributed by atoms with E-state index in [-0.39, 0.29) is 27.0 Å². The van der Waals surface area contributed by atoms with Crippen LogP contribution in [0.15, 0.2) is 53.2 Å². The van der Waals surface area contributed by atoms with Crippen LogP contribution in [0.2, 0.25) is 5.02 Å². The molecule has 9 nitrogen and oxygen atoms in total. The van der Waals surface area contributed by atoms with Gasteiger partial charge in [-0.05, 0) is 48.0 Å². The highest BCUT2D eigenvalue weighted by Gasteiger charge is 2.18. The molecule has 0 aliphatic heterocycles. The second-order valence-corrected chi connectivity index (χ2v) is 9.43. The van der Waals surface area contributed by atoms with Crippen molar-refractivity contribution < 1.29 is 27.1 Å². The number of hydrogen-bond donors (Lipinski definition) is 1. The van der Waals surface area contributed by atoms with E-state index in [1.807, 2.05) is 0 Å². The van der Waals surface area contributed by atoms with Crippen molar-refractivity contribution >= 4 is 56.1 Å². The molecule has 3 rings (SSSR count). The summed E-state index contributed by atoms with van der Waals surface area (Å²) in [4.78, 5) is 28.2. The molecule has 2 aromatic carbocycles. The molecule has 1 heterocycles. The standard InChI is InChI=1S/C20H12ClFN4O5S2/c1-33(29,30)20-25-19(32-26-20)24-17(27)13(10-23)8-11-2-7-16(15(21)9-11)31-18(28)12-3-5-14(22)6-4-12/h2-9H,1H3,(H,24,25,26,27). The van der Waals surface area contributed by atoms with Crippen molar-refractivity contribution in [3.63, 3.8) is 0 Å². The average molecular weight is 507 g/mol. The molecule has 1 aromatic heterocycles. The predicted molar refractivity (Wildman–Crippen MR) is 118 cm³/mol. The number of nitriles is 1. The minimum atomic E-state index is -3.64. The van der Waals surface area contributed by atoms with Crippen molar-refractivity contribution in [3.05, 3.63) is 70.0 Å². The van der Waals surface area contributed by atoms with Gasteiger partial charge >= 0.3 is 5.97 Å². The summed E-state index contributed by atoms with van der Waals surface area (Å²) in [5.41, 5.74) is 0.149. The Bertz CT molecular complexity index is 1410. The first-order valence-electron chi connectivity index (χ1n) is 8.81. The Hall–Kier alpha value is -3.66. The molecule has 0 saturated carbocycles. The van der Waals surface area contributed by atoms with E-state index in [4.69, 9.17) is 16.3 Å². The van der Waals surface area contributed by atoms with E-state index in [0.717, 1.165) is 18.4 Å². The number of nitrogens with one attached hydrogen (secondary N) is 1. The van der Waals surface area contributed by atoms with Gasteiger partial charge in [-0.1, -0.05) is 17.7 Å². The van der Waals surface area contributed by atoms with Crippen LogP contribution in [-0.2, 0) is 14.6 Å².